The fraction of sp³-hybridized carbons (Fsp3) is 0.269. The zero-order valence-corrected chi connectivity index (χ0v) is 22.9. The number of carbonyl (C=O) groups excluding carboxylic acids is 2. The summed E-state index contributed by atoms with van der Waals surface area (Å²) >= 11 is 6.26. The number of hydrogen-bond donors (Lipinski definition) is 1. The minimum absolute atomic E-state index is 0.0409. The van der Waals surface area contributed by atoms with Crippen molar-refractivity contribution in [3.8, 4) is 0 Å². The Hall–Kier alpha value is -3.47. The van der Waals surface area contributed by atoms with Crippen LogP contribution in [0.3, 0.4) is 0 Å². The first kappa shape index (κ1) is 28.1. The van der Waals surface area contributed by atoms with Crippen molar-refractivity contribution in [1.29, 1.82) is 0 Å². The maximum atomic E-state index is 12.4. The predicted octanol–water partition coefficient (Wildman–Crippen LogP) is 3.96. The van der Waals surface area contributed by atoms with Crippen molar-refractivity contribution >= 4 is 45.3 Å². The van der Waals surface area contributed by atoms with E-state index < -0.39 is 28.5 Å². The van der Waals surface area contributed by atoms with Crippen LogP contribution in [0.25, 0.3) is 6.08 Å². The maximum Gasteiger partial charge on any atom is 0.331 e. The number of rotatable bonds is 9. The van der Waals surface area contributed by atoms with Crippen LogP contribution < -0.4 is 5.32 Å². The molecular weight excluding hydrogens is 516 g/mol. The lowest BCUT2D eigenvalue weighted by molar-refractivity contribution is -0.142. The summed E-state index contributed by atoms with van der Waals surface area (Å²) in [7, 11) is -0.815. The number of hydrogen-bond acceptors (Lipinski definition) is 6. The summed E-state index contributed by atoms with van der Waals surface area (Å²) in [6.07, 6.45) is 2.83. The molecule has 0 aliphatic rings. The summed E-state index contributed by atoms with van der Waals surface area (Å²) in [6, 6.07) is 11.9. The second-order valence-electron chi connectivity index (χ2n) is 8.59. The van der Waals surface area contributed by atoms with Gasteiger partial charge in [0.15, 0.2) is 6.61 Å². The van der Waals surface area contributed by atoms with E-state index in [1.54, 1.807) is 19.1 Å². The fourth-order valence-corrected chi connectivity index (χ4v) is 4.65. The van der Waals surface area contributed by atoms with Crippen molar-refractivity contribution in [1.82, 2.24) is 14.1 Å². The van der Waals surface area contributed by atoms with Crippen molar-refractivity contribution < 1.29 is 22.7 Å². The molecule has 0 radical (unpaired) electrons. The first-order valence-corrected chi connectivity index (χ1v) is 13.2. The highest BCUT2D eigenvalue weighted by Gasteiger charge is 2.19. The average Bonchev–Trinajstić information content (AvgIpc) is 3.11. The van der Waals surface area contributed by atoms with E-state index in [1.807, 2.05) is 42.8 Å². The van der Waals surface area contributed by atoms with Crippen LogP contribution >= 0.6 is 11.6 Å². The van der Waals surface area contributed by atoms with Crippen molar-refractivity contribution in [2.45, 2.75) is 32.2 Å². The Morgan fingerprint density at radius 3 is 2.51 bits per heavy atom. The smallest absolute Gasteiger partial charge is 0.331 e. The number of halogens is 1. The van der Waals surface area contributed by atoms with Crippen LogP contribution in [0.15, 0.2) is 53.4 Å². The van der Waals surface area contributed by atoms with Gasteiger partial charge < -0.3 is 10.1 Å². The molecule has 3 rings (SSSR count). The van der Waals surface area contributed by atoms with Gasteiger partial charge in [-0.3, -0.25) is 9.48 Å². The molecule has 1 amide bonds. The van der Waals surface area contributed by atoms with Gasteiger partial charge in [-0.2, -0.15) is 5.10 Å². The molecule has 0 aliphatic carbocycles. The zero-order valence-electron chi connectivity index (χ0n) is 21.3. The summed E-state index contributed by atoms with van der Waals surface area (Å²) in [4.78, 5) is 24.6. The second kappa shape index (κ2) is 11.7. The predicted molar refractivity (Wildman–Crippen MR) is 143 cm³/mol. The number of carbonyl (C=O) groups is 2. The van der Waals surface area contributed by atoms with Crippen molar-refractivity contribution in [3.63, 3.8) is 0 Å². The first-order chi connectivity index (χ1) is 17.4. The monoisotopic (exact) mass is 544 g/mol. The van der Waals surface area contributed by atoms with E-state index in [1.165, 1.54) is 32.3 Å². The maximum absolute atomic E-state index is 12.4. The molecular formula is C26H29ClN4O5S. The quantitative estimate of drug-likeness (QED) is 0.322. The van der Waals surface area contributed by atoms with Crippen molar-refractivity contribution in [2.75, 3.05) is 26.0 Å². The number of anilines is 1. The molecule has 0 aliphatic heterocycles. The molecule has 0 atom stereocenters. The first-order valence-electron chi connectivity index (χ1n) is 11.4. The average molecular weight is 545 g/mol. The van der Waals surface area contributed by atoms with E-state index in [0.717, 1.165) is 26.8 Å². The molecule has 0 saturated heterocycles. The second-order valence-corrected chi connectivity index (χ2v) is 11.1. The summed E-state index contributed by atoms with van der Waals surface area (Å²) in [5, 5.41) is 7.77. The summed E-state index contributed by atoms with van der Waals surface area (Å²) < 4.78 is 32.7. The minimum Gasteiger partial charge on any atom is -0.452 e. The molecule has 0 spiro atoms. The van der Waals surface area contributed by atoms with Gasteiger partial charge in [0, 0.05) is 42.1 Å². The van der Waals surface area contributed by atoms with Crippen molar-refractivity contribution in [2.24, 2.45) is 0 Å². The van der Waals surface area contributed by atoms with Gasteiger partial charge in [0.1, 0.15) is 0 Å². The molecule has 1 heterocycles. The SMILES string of the molecule is Cc1ccc(S(=O)(=O)N(C)C)cc1NC(=O)COC(=O)/C=C/c1c(C)nn(Cc2ccccc2Cl)c1C. The Bertz CT molecular complexity index is 1460. The summed E-state index contributed by atoms with van der Waals surface area (Å²) in [6.45, 7) is 5.41. The van der Waals surface area contributed by atoms with Gasteiger partial charge in [-0.05, 0) is 56.2 Å². The molecule has 0 unspecified atom stereocenters. The number of aryl methyl sites for hydroxylation is 2. The van der Waals surface area contributed by atoms with Crippen LogP contribution in [0.5, 0.6) is 0 Å². The normalized spacial score (nSPS) is 11.8. The molecule has 9 nitrogen and oxygen atoms in total. The Morgan fingerprint density at radius 2 is 1.84 bits per heavy atom. The van der Waals surface area contributed by atoms with E-state index in [2.05, 4.69) is 10.4 Å². The summed E-state index contributed by atoms with van der Waals surface area (Å²) in [5.41, 5.74) is 4.25. The highest BCUT2D eigenvalue weighted by Crippen LogP contribution is 2.22. The molecule has 0 saturated carbocycles. The van der Waals surface area contributed by atoms with Gasteiger partial charge in [0.2, 0.25) is 10.0 Å². The van der Waals surface area contributed by atoms with E-state index in [4.69, 9.17) is 16.3 Å². The number of amides is 1. The van der Waals surface area contributed by atoms with E-state index in [-0.39, 0.29) is 4.90 Å². The Kier molecular flexibility index (Phi) is 8.90. The number of ether oxygens (including phenoxy) is 1. The third-order valence-corrected chi connectivity index (χ3v) is 7.89. The Balaban J connectivity index is 1.62. The largest absolute Gasteiger partial charge is 0.452 e. The lowest BCUT2D eigenvalue weighted by Gasteiger charge is -2.14. The molecule has 0 fully saturated rings. The zero-order chi connectivity index (χ0) is 27.3. The van der Waals surface area contributed by atoms with Crippen LogP contribution in [-0.2, 0) is 30.9 Å². The lowest BCUT2D eigenvalue weighted by atomic mass is 10.1. The van der Waals surface area contributed by atoms with Crippen LogP contribution in [0, 0.1) is 20.8 Å². The highest BCUT2D eigenvalue weighted by molar-refractivity contribution is 7.89. The van der Waals surface area contributed by atoms with Crippen LogP contribution in [0.2, 0.25) is 5.02 Å². The highest BCUT2D eigenvalue weighted by atomic mass is 35.5. The molecule has 37 heavy (non-hydrogen) atoms. The Morgan fingerprint density at radius 1 is 1.14 bits per heavy atom. The number of nitrogens with one attached hydrogen (secondary N) is 1. The molecule has 2 aromatic carbocycles. The van der Waals surface area contributed by atoms with Gasteiger partial charge >= 0.3 is 5.97 Å². The number of sulfonamides is 1. The molecule has 0 bridgehead atoms. The van der Waals surface area contributed by atoms with E-state index in [9.17, 15) is 18.0 Å². The molecule has 11 heteroatoms. The van der Waals surface area contributed by atoms with Gasteiger partial charge in [0.05, 0.1) is 17.1 Å². The molecule has 196 valence electrons. The van der Waals surface area contributed by atoms with Gasteiger partial charge in [-0.1, -0.05) is 35.9 Å². The third kappa shape index (κ3) is 6.85. The topological polar surface area (TPSA) is 111 Å². The van der Waals surface area contributed by atoms with Crippen molar-refractivity contribution in [3.05, 3.63) is 81.6 Å². The summed E-state index contributed by atoms with van der Waals surface area (Å²) in [5.74, 6) is -1.29. The minimum atomic E-state index is -3.66. The van der Waals surface area contributed by atoms with E-state index >= 15 is 0 Å². The van der Waals surface area contributed by atoms with Crippen LogP contribution in [-0.4, -0.2) is 55.1 Å². The number of esters is 1. The molecule has 1 N–H and O–H groups in total. The molecule has 3 aromatic rings. The van der Waals surface area contributed by atoms with Gasteiger partial charge in [-0.15, -0.1) is 0 Å². The lowest BCUT2D eigenvalue weighted by Crippen LogP contribution is -2.23. The number of nitrogens with zero attached hydrogens (tertiary/aromatic N) is 3. The van der Waals surface area contributed by atoms with Gasteiger partial charge in [0.25, 0.3) is 5.91 Å². The molecule has 1 aromatic heterocycles. The van der Waals surface area contributed by atoms with Crippen LogP contribution in [0.4, 0.5) is 5.69 Å². The van der Waals surface area contributed by atoms with Crippen LogP contribution in [0.1, 0.15) is 28.1 Å². The Labute approximate surface area is 221 Å². The van der Waals surface area contributed by atoms with Gasteiger partial charge in [-0.25, -0.2) is 17.5 Å². The standard InChI is InChI=1S/C26H29ClN4O5S/c1-17-10-11-21(37(34,35)30(4)5)14-24(17)28-25(32)16-36-26(33)13-12-22-18(2)29-31(19(22)3)15-20-8-6-7-9-23(20)27/h6-14H,15-16H2,1-5H3,(H,28,32)/b13-12+. The fourth-order valence-electron chi connectivity index (χ4n) is 3.52. The number of benzene rings is 2. The third-order valence-electron chi connectivity index (χ3n) is 5.71. The van der Waals surface area contributed by atoms with E-state index in [0.29, 0.717) is 22.8 Å². The number of aromatic nitrogens is 2.